The summed E-state index contributed by atoms with van der Waals surface area (Å²) in [4.78, 5) is 28.2. The number of ketones is 2. The van der Waals surface area contributed by atoms with E-state index in [1.807, 2.05) is 18.2 Å². The van der Waals surface area contributed by atoms with Crippen LogP contribution in [-0.2, 0) is 0 Å². The zero-order chi connectivity index (χ0) is 17.6. The molecule has 0 saturated heterocycles. The number of carbonyl (C=O) groups excluding carboxylic acids is 2. The smallest absolute Gasteiger partial charge is 0.174 e. The number of carbonyl (C=O) groups is 2. The number of aromatic hydroxyl groups is 1. The Kier molecular flexibility index (Phi) is 4.85. The summed E-state index contributed by atoms with van der Waals surface area (Å²) in [6.45, 7) is 0. The third kappa shape index (κ3) is 4.09. The van der Waals surface area contributed by atoms with Gasteiger partial charge in [-0.3, -0.25) is 14.6 Å². The minimum absolute atomic E-state index is 0.0859. The highest BCUT2D eigenvalue weighted by Crippen LogP contribution is 2.28. The molecule has 0 atom stereocenters. The third-order valence-electron chi connectivity index (χ3n) is 3.57. The Labute approximate surface area is 144 Å². The highest BCUT2D eigenvalue weighted by Gasteiger charge is 2.17. The van der Waals surface area contributed by atoms with Gasteiger partial charge in [0.1, 0.15) is 17.2 Å². The minimum Gasteiger partial charge on any atom is -0.507 e. The predicted octanol–water partition coefficient (Wildman–Crippen LogP) is 4.04. The summed E-state index contributed by atoms with van der Waals surface area (Å²) in [5, 5.41) is 10.1. The number of benzene rings is 2. The second kappa shape index (κ2) is 7.40. The van der Waals surface area contributed by atoms with E-state index in [2.05, 4.69) is 4.98 Å². The molecule has 0 aliphatic rings. The average Bonchev–Trinajstić information content (AvgIpc) is 2.63. The van der Waals surface area contributed by atoms with E-state index < -0.39 is 5.78 Å². The maximum absolute atomic E-state index is 12.3. The molecule has 1 N–H and O–H groups in total. The molecule has 0 bridgehead atoms. The first-order valence-corrected chi connectivity index (χ1v) is 7.66. The van der Waals surface area contributed by atoms with E-state index in [4.69, 9.17) is 4.74 Å². The number of Topliss-reactive ketones (excluding diaryl/α,β-unsaturated/α-hetero) is 2. The first-order chi connectivity index (χ1) is 12.1. The van der Waals surface area contributed by atoms with Crippen LogP contribution in [0.5, 0.6) is 17.2 Å². The van der Waals surface area contributed by atoms with Gasteiger partial charge in [-0.2, -0.15) is 0 Å². The van der Waals surface area contributed by atoms with Crippen LogP contribution < -0.4 is 4.74 Å². The number of nitrogens with zero attached hydrogens (tertiary/aromatic N) is 1. The predicted molar refractivity (Wildman–Crippen MR) is 92.1 cm³/mol. The molecule has 0 amide bonds. The number of ether oxygens (including phenoxy) is 1. The van der Waals surface area contributed by atoms with Crippen LogP contribution in [0.4, 0.5) is 0 Å². The van der Waals surface area contributed by atoms with Crippen molar-refractivity contribution in [2.24, 2.45) is 0 Å². The molecule has 0 saturated carbocycles. The fraction of sp³-hybridized carbons (Fsp3) is 0.0500. The molecule has 0 fully saturated rings. The fourth-order valence-corrected chi connectivity index (χ4v) is 2.32. The number of rotatable bonds is 6. The molecule has 1 aromatic heterocycles. The number of pyridine rings is 1. The van der Waals surface area contributed by atoms with Gasteiger partial charge in [0.15, 0.2) is 11.6 Å². The fourth-order valence-electron chi connectivity index (χ4n) is 2.32. The molecule has 25 heavy (non-hydrogen) atoms. The van der Waals surface area contributed by atoms with Crippen molar-refractivity contribution in [3.63, 3.8) is 0 Å². The van der Waals surface area contributed by atoms with Crippen molar-refractivity contribution >= 4 is 11.6 Å². The molecule has 3 rings (SSSR count). The first-order valence-electron chi connectivity index (χ1n) is 7.66. The summed E-state index contributed by atoms with van der Waals surface area (Å²) in [5.74, 6) is 0.0255. The van der Waals surface area contributed by atoms with Crippen molar-refractivity contribution in [3.8, 4) is 17.2 Å². The third-order valence-corrected chi connectivity index (χ3v) is 3.57. The summed E-state index contributed by atoms with van der Waals surface area (Å²) in [7, 11) is 0. The summed E-state index contributed by atoms with van der Waals surface area (Å²) in [5.41, 5.74) is 0.495. The van der Waals surface area contributed by atoms with Gasteiger partial charge >= 0.3 is 0 Å². The number of phenols is 1. The molecule has 2 aromatic carbocycles. The van der Waals surface area contributed by atoms with Gasteiger partial charge in [0, 0.05) is 24.0 Å². The second-order valence-corrected chi connectivity index (χ2v) is 5.35. The lowest BCUT2D eigenvalue weighted by Gasteiger charge is -2.08. The van der Waals surface area contributed by atoms with Gasteiger partial charge in [-0.25, -0.2) is 0 Å². The zero-order valence-electron chi connectivity index (χ0n) is 13.3. The average molecular weight is 333 g/mol. The molecule has 0 spiro atoms. The molecule has 0 unspecified atom stereocenters. The maximum atomic E-state index is 12.3. The summed E-state index contributed by atoms with van der Waals surface area (Å²) in [6, 6.07) is 16.6. The van der Waals surface area contributed by atoms with Gasteiger partial charge in [-0.1, -0.05) is 18.2 Å². The molecule has 124 valence electrons. The molecule has 0 aliphatic heterocycles. The van der Waals surface area contributed by atoms with Crippen LogP contribution >= 0.6 is 0 Å². The molecule has 5 heteroatoms. The van der Waals surface area contributed by atoms with Crippen LogP contribution in [0.2, 0.25) is 0 Å². The van der Waals surface area contributed by atoms with Gasteiger partial charge in [-0.15, -0.1) is 0 Å². The molecular weight excluding hydrogens is 318 g/mol. The van der Waals surface area contributed by atoms with E-state index >= 15 is 0 Å². The topological polar surface area (TPSA) is 76.5 Å². The van der Waals surface area contributed by atoms with Gasteiger partial charge in [0.25, 0.3) is 0 Å². The van der Waals surface area contributed by atoms with E-state index in [0.717, 1.165) is 0 Å². The highest BCUT2D eigenvalue weighted by atomic mass is 16.5. The summed E-state index contributed by atoms with van der Waals surface area (Å²) < 4.78 is 5.60. The monoisotopic (exact) mass is 333 g/mol. The molecule has 1 heterocycles. The molecule has 5 nitrogen and oxygen atoms in total. The van der Waals surface area contributed by atoms with Crippen molar-refractivity contribution in [3.05, 3.63) is 84.2 Å². The molecule has 0 aliphatic carbocycles. The van der Waals surface area contributed by atoms with Crippen molar-refractivity contribution < 1.29 is 19.4 Å². The van der Waals surface area contributed by atoms with Crippen molar-refractivity contribution in [1.29, 1.82) is 0 Å². The zero-order valence-corrected chi connectivity index (χ0v) is 13.3. The van der Waals surface area contributed by atoms with Gasteiger partial charge in [0.2, 0.25) is 0 Å². The highest BCUT2D eigenvalue weighted by molar-refractivity contribution is 6.14. The van der Waals surface area contributed by atoms with E-state index in [0.29, 0.717) is 17.1 Å². The van der Waals surface area contributed by atoms with Crippen LogP contribution in [0, 0.1) is 0 Å². The Hall–Kier alpha value is -3.47. The number of phenolic OH excluding ortho intramolecular Hbond substituents is 1. The first kappa shape index (κ1) is 16.4. The second-order valence-electron chi connectivity index (χ2n) is 5.35. The lowest BCUT2D eigenvalue weighted by molar-refractivity contribution is 0.0893. The number of para-hydroxylation sites is 1. The van der Waals surface area contributed by atoms with Crippen molar-refractivity contribution in [1.82, 2.24) is 4.98 Å². The summed E-state index contributed by atoms with van der Waals surface area (Å²) >= 11 is 0. The minimum atomic E-state index is -0.453. The Morgan fingerprint density at radius 2 is 1.60 bits per heavy atom. The van der Waals surface area contributed by atoms with E-state index in [-0.39, 0.29) is 23.5 Å². The maximum Gasteiger partial charge on any atom is 0.174 e. The van der Waals surface area contributed by atoms with Crippen LogP contribution in [0.25, 0.3) is 0 Å². The SMILES string of the molecule is O=C(CC(=O)c1ccc(Oc2ccccc2)cc1O)c1ccncc1. The quantitative estimate of drug-likeness (QED) is 0.544. The summed E-state index contributed by atoms with van der Waals surface area (Å²) in [6.07, 6.45) is 2.66. The van der Waals surface area contributed by atoms with Crippen LogP contribution in [-0.4, -0.2) is 21.7 Å². The lowest BCUT2D eigenvalue weighted by atomic mass is 10.0. The largest absolute Gasteiger partial charge is 0.507 e. The Bertz CT molecular complexity index is 892. The van der Waals surface area contributed by atoms with Crippen molar-refractivity contribution in [2.45, 2.75) is 6.42 Å². The van der Waals surface area contributed by atoms with E-state index in [1.54, 1.807) is 30.3 Å². The van der Waals surface area contributed by atoms with Gasteiger partial charge in [-0.05, 0) is 36.4 Å². The van der Waals surface area contributed by atoms with Gasteiger partial charge in [0.05, 0.1) is 12.0 Å². The van der Waals surface area contributed by atoms with Crippen LogP contribution in [0.1, 0.15) is 27.1 Å². The van der Waals surface area contributed by atoms with E-state index in [9.17, 15) is 14.7 Å². The molecule has 3 aromatic rings. The van der Waals surface area contributed by atoms with Crippen LogP contribution in [0.3, 0.4) is 0 Å². The van der Waals surface area contributed by atoms with Gasteiger partial charge < -0.3 is 9.84 Å². The number of aromatic nitrogens is 1. The normalized spacial score (nSPS) is 10.2. The molecular formula is C20H15NO4. The number of hydrogen-bond donors (Lipinski definition) is 1. The molecule has 0 radical (unpaired) electrons. The lowest BCUT2D eigenvalue weighted by Crippen LogP contribution is -2.09. The Morgan fingerprint density at radius 1 is 0.880 bits per heavy atom. The standard InChI is InChI=1S/C20H15NO4/c22-18(14-8-10-21-11-9-14)13-20(24)17-7-6-16(12-19(17)23)25-15-4-2-1-3-5-15/h1-12,23H,13H2. The van der Waals surface area contributed by atoms with E-state index in [1.165, 1.54) is 24.5 Å². The number of hydrogen-bond acceptors (Lipinski definition) is 5. The Morgan fingerprint density at radius 3 is 2.28 bits per heavy atom. The van der Waals surface area contributed by atoms with Crippen molar-refractivity contribution in [2.75, 3.05) is 0 Å². The Balaban J connectivity index is 1.72. The van der Waals surface area contributed by atoms with Crippen LogP contribution in [0.15, 0.2) is 73.1 Å².